The number of aliphatic imine (C=N–C) groups is 1. The van der Waals surface area contributed by atoms with Crippen LogP contribution in [0, 0.1) is 18.7 Å². The molecule has 5 N–H and O–H groups in total. The number of benzene rings is 1. The minimum absolute atomic E-state index is 0.0255. The summed E-state index contributed by atoms with van der Waals surface area (Å²) in [7, 11) is 1.51. The molecular formula is C32H35FN6O4. The van der Waals surface area contributed by atoms with E-state index in [1.165, 1.54) is 7.11 Å². The van der Waals surface area contributed by atoms with Gasteiger partial charge in [-0.05, 0) is 69.7 Å². The van der Waals surface area contributed by atoms with E-state index in [9.17, 15) is 9.59 Å². The van der Waals surface area contributed by atoms with Crippen LogP contribution in [0.5, 0.6) is 11.5 Å². The van der Waals surface area contributed by atoms with Crippen LogP contribution in [-0.2, 0) is 10.2 Å². The van der Waals surface area contributed by atoms with E-state index in [4.69, 9.17) is 25.9 Å². The third-order valence-electron chi connectivity index (χ3n) is 8.56. The van der Waals surface area contributed by atoms with Gasteiger partial charge in [-0.3, -0.25) is 19.6 Å². The number of amides is 2. The largest absolute Gasteiger partial charge is 0.495 e. The van der Waals surface area contributed by atoms with Crippen LogP contribution in [0.25, 0.3) is 11.3 Å². The van der Waals surface area contributed by atoms with Gasteiger partial charge in [0.2, 0.25) is 5.91 Å². The zero-order valence-electron chi connectivity index (χ0n) is 24.4. The highest BCUT2D eigenvalue weighted by Crippen LogP contribution is 2.48. The summed E-state index contributed by atoms with van der Waals surface area (Å²) in [5.74, 6) is -0.599. The molecule has 2 atom stereocenters. The summed E-state index contributed by atoms with van der Waals surface area (Å²) in [5.41, 5.74) is 14.7. The predicted molar refractivity (Wildman–Crippen MR) is 160 cm³/mol. The molecule has 6 rings (SSSR count). The summed E-state index contributed by atoms with van der Waals surface area (Å²) in [6.07, 6.45) is 6.86. The molecule has 3 aliphatic rings. The van der Waals surface area contributed by atoms with E-state index in [2.05, 4.69) is 15.3 Å². The number of nitrogens with two attached hydrogens (primary N) is 2. The number of anilines is 1. The van der Waals surface area contributed by atoms with Crippen LogP contribution in [0.2, 0.25) is 0 Å². The highest BCUT2D eigenvalue weighted by Gasteiger charge is 2.45. The smallest absolute Gasteiger partial charge is 0.251 e. The van der Waals surface area contributed by atoms with Gasteiger partial charge in [-0.15, -0.1) is 0 Å². The van der Waals surface area contributed by atoms with Gasteiger partial charge in [-0.25, -0.2) is 9.37 Å². The zero-order chi connectivity index (χ0) is 30.5. The fourth-order valence-electron chi connectivity index (χ4n) is 5.48. The van der Waals surface area contributed by atoms with Crippen molar-refractivity contribution in [2.75, 3.05) is 26.0 Å². The summed E-state index contributed by atoms with van der Waals surface area (Å²) in [6.45, 7) is 3.78. The SMILES string of the molecule is COc1cc(C(=O)NC[C@H](c2cc3c(c(-c4cc(C)ncc4F)n2)OC[C@]3(C)C(N)=O)C2CC2)cc(C=NC2CC2)c1N. The average molecular weight is 587 g/mol. The summed E-state index contributed by atoms with van der Waals surface area (Å²) in [4.78, 5) is 39.5. The number of hydrogen-bond acceptors (Lipinski definition) is 8. The second-order valence-corrected chi connectivity index (χ2v) is 11.9. The second kappa shape index (κ2) is 10.9. The molecule has 2 saturated carbocycles. The summed E-state index contributed by atoms with van der Waals surface area (Å²) in [5, 5.41) is 3.06. The van der Waals surface area contributed by atoms with Crippen LogP contribution >= 0.6 is 0 Å². The Balaban J connectivity index is 1.34. The molecule has 3 aromatic rings. The summed E-state index contributed by atoms with van der Waals surface area (Å²) < 4.78 is 26.5. The molecule has 3 heterocycles. The lowest BCUT2D eigenvalue weighted by Gasteiger charge is -2.22. The lowest BCUT2D eigenvalue weighted by Crippen LogP contribution is -2.40. The number of aryl methyl sites for hydroxylation is 1. The number of aromatic nitrogens is 2. The van der Waals surface area contributed by atoms with Crippen LogP contribution < -0.4 is 26.3 Å². The second-order valence-electron chi connectivity index (χ2n) is 11.9. The van der Waals surface area contributed by atoms with E-state index >= 15 is 4.39 Å². The lowest BCUT2D eigenvalue weighted by atomic mass is 9.82. The van der Waals surface area contributed by atoms with Crippen molar-refractivity contribution in [2.24, 2.45) is 16.6 Å². The van der Waals surface area contributed by atoms with Crippen LogP contribution in [0.4, 0.5) is 10.1 Å². The standard InChI is InChI=1S/C32H35FN6O4/c1-16-8-21(24(33)14-36-16)28-29-23(32(2,15-43-29)31(35)41)11-25(39-28)22(17-4-5-17)13-38-30(40)18-9-19(12-37-20-6-7-20)27(34)26(10-18)42-3/h8-12,14,17,20,22H,4-7,13,15,34H2,1-3H3,(H2,35,41)(H,38,40)/t22-,32-/m0/s1. The third-order valence-corrected chi connectivity index (χ3v) is 8.56. The monoisotopic (exact) mass is 586 g/mol. The number of pyridine rings is 2. The maximum Gasteiger partial charge on any atom is 0.251 e. The molecule has 0 radical (unpaired) electrons. The van der Waals surface area contributed by atoms with Crippen LogP contribution in [0.15, 0.2) is 35.5 Å². The molecular weight excluding hydrogens is 551 g/mol. The quantitative estimate of drug-likeness (QED) is 0.241. The number of nitrogen functional groups attached to an aromatic ring is 1. The van der Waals surface area contributed by atoms with Gasteiger partial charge in [0.25, 0.3) is 5.91 Å². The van der Waals surface area contributed by atoms with Crippen LogP contribution in [0.3, 0.4) is 0 Å². The van der Waals surface area contributed by atoms with Gasteiger partial charge in [0.05, 0.1) is 25.0 Å². The number of hydrogen-bond donors (Lipinski definition) is 3. The Morgan fingerprint density at radius 2 is 2.02 bits per heavy atom. The number of halogens is 1. The number of methoxy groups -OCH3 is 1. The normalized spacial score (nSPS) is 20.0. The average Bonchev–Trinajstić information content (AvgIpc) is 3.93. The minimum atomic E-state index is -1.11. The van der Waals surface area contributed by atoms with Gasteiger partial charge >= 0.3 is 0 Å². The highest BCUT2D eigenvalue weighted by atomic mass is 19.1. The van der Waals surface area contributed by atoms with Crippen molar-refractivity contribution in [3.05, 3.63) is 64.4 Å². The molecule has 0 spiro atoms. The van der Waals surface area contributed by atoms with Crippen molar-refractivity contribution in [3.8, 4) is 22.8 Å². The van der Waals surface area contributed by atoms with Crippen molar-refractivity contribution < 1.29 is 23.5 Å². The Bertz CT molecular complexity index is 1650. The van der Waals surface area contributed by atoms with E-state index in [0.717, 1.165) is 31.9 Å². The molecule has 0 unspecified atom stereocenters. The van der Waals surface area contributed by atoms with E-state index in [1.807, 2.05) is 6.07 Å². The third kappa shape index (κ3) is 5.51. The summed E-state index contributed by atoms with van der Waals surface area (Å²) >= 11 is 0. The zero-order valence-corrected chi connectivity index (χ0v) is 24.4. The van der Waals surface area contributed by atoms with Crippen molar-refractivity contribution in [3.63, 3.8) is 0 Å². The number of nitrogens with zero attached hydrogens (tertiary/aromatic N) is 3. The number of carbonyl (C=O) groups excluding carboxylic acids is 2. The molecule has 2 amide bonds. The number of primary amides is 1. The molecule has 2 fully saturated rings. The number of nitrogens with one attached hydrogen (secondary N) is 1. The van der Waals surface area contributed by atoms with E-state index in [1.54, 1.807) is 38.3 Å². The molecule has 2 aromatic heterocycles. The van der Waals surface area contributed by atoms with E-state index in [0.29, 0.717) is 57.0 Å². The number of fused-ring (bicyclic) bond motifs is 1. The van der Waals surface area contributed by atoms with Crippen LogP contribution in [0.1, 0.15) is 71.4 Å². The Hall–Kier alpha value is -4.54. The topological polar surface area (TPSA) is 155 Å². The highest BCUT2D eigenvalue weighted by molar-refractivity contribution is 5.99. The minimum Gasteiger partial charge on any atom is -0.495 e. The first kappa shape index (κ1) is 28.6. The maximum absolute atomic E-state index is 15.1. The number of rotatable bonds is 10. The Morgan fingerprint density at radius 3 is 2.70 bits per heavy atom. The predicted octanol–water partition coefficient (Wildman–Crippen LogP) is 3.82. The Labute approximate surface area is 249 Å². The molecule has 10 nitrogen and oxygen atoms in total. The van der Waals surface area contributed by atoms with E-state index in [-0.39, 0.29) is 36.5 Å². The first-order valence-electron chi connectivity index (χ1n) is 14.5. The summed E-state index contributed by atoms with van der Waals surface area (Å²) in [6, 6.07) is 7.06. The molecule has 43 heavy (non-hydrogen) atoms. The molecule has 2 aliphatic carbocycles. The van der Waals surface area contributed by atoms with Crippen LogP contribution in [-0.4, -0.2) is 54.3 Å². The van der Waals surface area contributed by atoms with Crippen molar-refractivity contribution in [2.45, 2.75) is 56.9 Å². The first-order valence-corrected chi connectivity index (χ1v) is 14.5. The Kier molecular flexibility index (Phi) is 7.27. The lowest BCUT2D eigenvalue weighted by molar-refractivity contribution is -0.123. The molecule has 1 aromatic carbocycles. The van der Waals surface area contributed by atoms with Gasteiger partial charge in [-0.1, -0.05) is 0 Å². The number of carbonyl (C=O) groups is 2. The van der Waals surface area contributed by atoms with Crippen molar-refractivity contribution >= 4 is 23.7 Å². The van der Waals surface area contributed by atoms with Gasteiger partial charge < -0.3 is 26.3 Å². The molecule has 0 saturated heterocycles. The molecule has 11 heteroatoms. The molecule has 0 bridgehead atoms. The maximum atomic E-state index is 15.1. The van der Waals surface area contributed by atoms with E-state index < -0.39 is 17.1 Å². The van der Waals surface area contributed by atoms with Crippen molar-refractivity contribution in [1.82, 2.24) is 15.3 Å². The molecule has 224 valence electrons. The van der Waals surface area contributed by atoms with Gasteiger partial charge in [0.1, 0.15) is 29.2 Å². The van der Waals surface area contributed by atoms with Gasteiger partial charge in [0, 0.05) is 52.3 Å². The Morgan fingerprint density at radius 1 is 1.26 bits per heavy atom. The molecule has 1 aliphatic heterocycles. The fourth-order valence-corrected chi connectivity index (χ4v) is 5.48. The van der Waals surface area contributed by atoms with Gasteiger partial charge in [0.15, 0.2) is 5.82 Å². The fraction of sp³-hybridized carbons (Fsp3) is 0.406. The number of ether oxygens (including phenoxy) is 2. The first-order chi connectivity index (χ1) is 20.6. The van der Waals surface area contributed by atoms with Crippen molar-refractivity contribution in [1.29, 1.82) is 0 Å². The van der Waals surface area contributed by atoms with Gasteiger partial charge in [-0.2, -0.15) is 0 Å².